The quantitative estimate of drug-likeness (QED) is 0.524. The molecule has 0 aliphatic heterocycles. The normalized spacial score (nSPS) is 12.6. The van der Waals surface area contributed by atoms with Gasteiger partial charge in [0.25, 0.3) is 0 Å². The van der Waals surface area contributed by atoms with E-state index in [1.807, 2.05) is 0 Å². The molecule has 0 aliphatic carbocycles. The Kier molecular flexibility index (Phi) is 6.05. The molecule has 3 heterocycles. The molecule has 0 aliphatic rings. The van der Waals surface area contributed by atoms with Gasteiger partial charge in [0.2, 0.25) is 17.1 Å². The van der Waals surface area contributed by atoms with E-state index in [2.05, 4.69) is 33.9 Å². The highest BCUT2D eigenvalue weighted by Crippen LogP contribution is 2.24. The Labute approximate surface area is 156 Å². The van der Waals surface area contributed by atoms with Crippen LogP contribution in [0, 0.1) is 0 Å². The number of nitrogens with zero attached hydrogens (tertiary/aromatic N) is 5. The van der Waals surface area contributed by atoms with Crippen LogP contribution in [0.4, 0.5) is 0 Å². The van der Waals surface area contributed by atoms with E-state index in [4.69, 9.17) is 25.5 Å². The molecule has 0 aromatic carbocycles. The van der Waals surface area contributed by atoms with E-state index in [1.54, 1.807) is 17.1 Å². The van der Waals surface area contributed by atoms with E-state index in [0.717, 1.165) is 25.0 Å². The maximum Gasteiger partial charge on any atom is 0.244 e. The van der Waals surface area contributed by atoms with Gasteiger partial charge in [-0.15, -0.1) is 0 Å². The minimum absolute atomic E-state index is 0.118. The van der Waals surface area contributed by atoms with Gasteiger partial charge in [-0.1, -0.05) is 19.8 Å². The van der Waals surface area contributed by atoms with Crippen molar-refractivity contribution in [2.75, 3.05) is 7.11 Å². The Morgan fingerprint density at radius 2 is 2.15 bits per heavy atom. The predicted octanol–water partition coefficient (Wildman–Crippen LogP) is 3.62. The summed E-state index contributed by atoms with van der Waals surface area (Å²) >= 11 is 5.89. The number of aromatic nitrogens is 5. The highest BCUT2D eigenvalue weighted by atomic mass is 35.5. The molecule has 0 fully saturated rings. The van der Waals surface area contributed by atoms with Crippen molar-refractivity contribution in [1.82, 2.24) is 24.7 Å². The van der Waals surface area contributed by atoms with Gasteiger partial charge in [0.05, 0.1) is 26.0 Å². The molecule has 1 unspecified atom stereocenters. The Morgan fingerprint density at radius 3 is 2.92 bits per heavy atom. The van der Waals surface area contributed by atoms with Crippen LogP contribution in [-0.4, -0.2) is 37.9 Å². The predicted molar refractivity (Wildman–Crippen MR) is 96.3 cm³/mol. The lowest BCUT2D eigenvalue weighted by atomic mass is 10.2. The Hall–Kier alpha value is -2.19. The van der Waals surface area contributed by atoms with Gasteiger partial charge in [-0.3, -0.25) is 4.68 Å². The van der Waals surface area contributed by atoms with Gasteiger partial charge in [0.15, 0.2) is 0 Å². The highest BCUT2D eigenvalue weighted by molar-refractivity contribution is 6.28. The lowest BCUT2D eigenvalue weighted by Gasteiger charge is -2.10. The van der Waals surface area contributed by atoms with Crippen molar-refractivity contribution >= 4 is 22.6 Å². The molecule has 3 aromatic rings. The van der Waals surface area contributed by atoms with E-state index in [9.17, 15) is 0 Å². The lowest BCUT2D eigenvalue weighted by Crippen LogP contribution is -2.08. The van der Waals surface area contributed by atoms with Gasteiger partial charge >= 0.3 is 0 Å². The second-order valence-corrected chi connectivity index (χ2v) is 6.37. The molecule has 140 valence electrons. The van der Waals surface area contributed by atoms with Crippen LogP contribution < -0.4 is 4.74 Å². The largest absolute Gasteiger partial charge is 0.479 e. The second kappa shape index (κ2) is 8.46. The maximum absolute atomic E-state index is 5.89. The summed E-state index contributed by atoms with van der Waals surface area (Å²) in [6.07, 6.45) is 6.75. The molecule has 0 amide bonds. The van der Waals surface area contributed by atoms with Crippen molar-refractivity contribution < 1.29 is 13.9 Å². The van der Waals surface area contributed by atoms with Crippen LogP contribution in [0.3, 0.4) is 0 Å². The summed E-state index contributed by atoms with van der Waals surface area (Å²) in [6.45, 7) is 4.99. The van der Waals surface area contributed by atoms with E-state index in [-0.39, 0.29) is 11.4 Å². The average molecular weight is 380 g/mol. The van der Waals surface area contributed by atoms with Crippen molar-refractivity contribution in [3.05, 3.63) is 29.3 Å². The van der Waals surface area contributed by atoms with Crippen molar-refractivity contribution in [3.63, 3.8) is 0 Å². The van der Waals surface area contributed by atoms with Crippen LogP contribution in [0.5, 0.6) is 5.88 Å². The van der Waals surface area contributed by atoms with E-state index < -0.39 is 0 Å². The summed E-state index contributed by atoms with van der Waals surface area (Å²) in [5.41, 5.74) is 2.00. The molecule has 0 bridgehead atoms. The molecule has 8 nitrogen and oxygen atoms in total. The summed E-state index contributed by atoms with van der Waals surface area (Å²) in [5.74, 6) is 0.917. The van der Waals surface area contributed by atoms with Crippen LogP contribution in [0.25, 0.3) is 11.0 Å². The van der Waals surface area contributed by atoms with Crippen LogP contribution in [-0.2, 0) is 17.9 Å². The number of hydrogen-bond acceptors (Lipinski definition) is 7. The average Bonchev–Trinajstić information content (AvgIpc) is 3.25. The number of rotatable bonds is 9. The molecule has 9 heteroatoms. The summed E-state index contributed by atoms with van der Waals surface area (Å²) in [6, 6.07) is 0. The van der Waals surface area contributed by atoms with Gasteiger partial charge in [0, 0.05) is 0 Å². The second-order valence-electron chi connectivity index (χ2n) is 6.03. The first-order valence-electron chi connectivity index (χ1n) is 8.58. The third kappa shape index (κ3) is 4.31. The van der Waals surface area contributed by atoms with Gasteiger partial charge in [-0.05, 0) is 24.9 Å². The van der Waals surface area contributed by atoms with Crippen molar-refractivity contribution in [2.24, 2.45) is 0 Å². The zero-order valence-corrected chi connectivity index (χ0v) is 15.9. The molecular weight excluding hydrogens is 358 g/mol. The zero-order chi connectivity index (χ0) is 18.5. The minimum atomic E-state index is 0.118. The third-order valence-electron chi connectivity index (χ3n) is 3.99. The third-order valence-corrected chi connectivity index (χ3v) is 4.16. The number of halogens is 1. The molecule has 1 atom stereocenters. The molecule has 0 saturated carbocycles. The zero-order valence-electron chi connectivity index (χ0n) is 15.1. The summed E-state index contributed by atoms with van der Waals surface area (Å²) < 4.78 is 18.3. The Bertz CT molecular complexity index is 863. The molecule has 0 saturated heterocycles. The van der Waals surface area contributed by atoms with Crippen molar-refractivity contribution in [2.45, 2.75) is 52.4 Å². The molecule has 26 heavy (non-hydrogen) atoms. The van der Waals surface area contributed by atoms with Crippen molar-refractivity contribution in [1.29, 1.82) is 0 Å². The van der Waals surface area contributed by atoms with Gasteiger partial charge in [-0.2, -0.15) is 10.1 Å². The standard InChI is InChI=1S/C17H22ClN5O3/c1-4-5-6-11(2)25-10-14-20-12(9-26-14)8-23-15-13(7-19-23)21-17(18)22-16(15)24-3/h7,9,11H,4-6,8,10H2,1-3H3. The first-order valence-corrected chi connectivity index (χ1v) is 8.96. The van der Waals surface area contributed by atoms with Gasteiger partial charge in [-0.25, -0.2) is 9.97 Å². The molecular formula is C17H22ClN5O3. The number of hydrogen-bond donors (Lipinski definition) is 0. The molecule has 3 aromatic heterocycles. The smallest absolute Gasteiger partial charge is 0.244 e. The number of oxazole rings is 1. The number of methoxy groups -OCH3 is 1. The highest BCUT2D eigenvalue weighted by Gasteiger charge is 2.15. The fourth-order valence-corrected chi connectivity index (χ4v) is 2.80. The van der Waals surface area contributed by atoms with Crippen LogP contribution in [0.2, 0.25) is 5.28 Å². The fourth-order valence-electron chi connectivity index (χ4n) is 2.63. The van der Waals surface area contributed by atoms with Crippen LogP contribution in [0.15, 0.2) is 16.9 Å². The minimum Gasteiger partial charge on any atom is -0.479 e. The van der Waals surface area contributed by atoms with Crippen LogP contribution >= 0.6 is 11.6 Å². The SMILES string of the molecule is CCCCC(C)OCc1nc(Cn2ncc3nc(Cl)nc(OC)c32)co1. The lowest BCUT2D eigenvalue weighted by molar-refractivity contribution is 0.0338. The number of fused-ring (bicyclic) bond motifs is 1. The number of unbranched alkanes of at least 4 members (excludes halogenated alkanes) is 1. The fraction of sp³-hybridized carbons (Fsp3) is 0.529. The van der Waals surface area contributed by atoms with Crippen molar-refractivity contribution in [3.8, 4) is 5.88 Å². The number of ether oxygens (including phenoxy) is 2. The van der Waals surface area contributed by atoms with E-state index >= 15 is 0 Å². The molecule has 0 N–H and O–H groups in total. The summed E-state index contributed by atoms with van der Waals surface area (Å²) in [4.78, 5) is 12.7. The van der Waals surface area contributed by atoms with E-state index in [0.29, 0.717) is 36.0 Å². The summed E-state index contributed by atoms with van der Waals surface area (Å²) in [5, 5.41) is 4.44. The topological polar surface area (TPSA) is 88.1 Å². The first kappa shape index (κ1) is 18.6. The molecule has 3 rings (SSSR count). The molecule has 0 radical (unpaired) electrons. The monoisotopic (exact) mass is 379 g/mol. The van der Waals surface area contributed by atoms with Gasteiger partial charge < -0.3 is 13.9 Å². The Morgan fingerprint density at radius 1 is 1.31 bits per heavy atom. The Balaban J connectivity index is 1.69. The summed E-state index contributed by atoms with van der Waals surface area (Å²) in [7, 11) is 1.53. The van der Waals surface area contributed by atoms with Crippen LogP contribution in [0.1, 0.15) is 44.7 Å². The van der Waals surface area contributed by atoms with E-state index in [1.165, 1.54) is 7.11 Å². The van der Waals surface area contributed by atoms with Gasteiger partial charge in [0.1, 0.15) is 29.6 Å². The molecule has 0 spiro atoms. The maximum atomic E-state index is 5.89. The first-order chi connectivity index (χ1) is 12.6.